The quantitative estimate of drug-likeness (QED) is 0.310. The first-order chi connectivity index (χ1) is 13.6. The summed E-state index contributed by atoms with van der Waals surface area (Å²) in [6.07, 6.45) is 4.12. The second-order valence-corrected chi connectivity index (χ2v) is 7.79. The summed E-state index contributed by atoms with van der Waals surface area (Å²) in [5.74, 6) is -0.918. The Hall–Kier alpha value is -2.79. The molecule has 4 aromatic rings. The van der Waals surface area contributed by atoms with E-state index in [2.05, 4.69) is 30.2 Å². The molecule has 1 aromatic carbocycles. The van der Waals surface area contributed by atoms with Gasteiger partial charge in [-0.2, -0.15) is 0 Å². The van der Waals surface area contributed by atoms with Gasteiger partial charge in [-0.15, -0.1) is 0 Å². The van der Waals surface area contributed by atoms with Gasteiger partial charge in [-0.3, -0.25) is 0 Å². The zero-order valence-electron chi connectivity index (χ0n) is 14.4. The fraction of sp³-hybridized carbons (Fsp3) is 0.176. The van der Waals surface area contributed by atoms with Crippen LogP contribution in [0.4, 0.5) is 19.7 Å². The summed E-state index contributed by atoms with van der Waals surface area (Å²) in [5.41, 5.74) is 7.54. The summed E-state index contributed by atoms with van der Waals surface area (Å²) >= 11 is 2.50. The molecule has 7 nitrogen and oxygen atoms in total. The predicted octanol–water partition coefficient (Wildman–Crippen LogP) is 3.62. The van der Waals surface area contributed by atoms with Gasteiger partial charge in [-0.25, -0.2) is 28.7 Å². The molecular weight excluding hydrogens is 404 g/mol. The summed E-state index contributed by atoms with van der Waals surface area (Å²) in [7, 11) is 0. The number of thiazole rings is 1. The molecule has 0 aliphatic heterocycles. The first kappa shape index (κ1) is 18.6. The van der Waals surface area contributed by atoms with Crippen LogP contribution >= 0.6 is 23.1 Å². The number of hydrogen-bond acceptors (Lipinski definition) is 8. The molecule has 0 saturated carbocycles. The number of H-pyrrole nitrogens is 1. The molecule has 4 rings (SSSR count). The second-order valence-electron chi connectivity index (χ2n) is 5.81. The highest BCUT2D eigenvalue weighted by Gasteiger charge is 2.14. The van der Waals surface area contributed by atoms with E-state index in [0.29, 0.717) is 28.3 Å². The zero-order valence-corrected chi connectivity index (χ0v) is 16.1. The number of aromatic nitrogens is 5. The maximum atomic E-state index is 13.9. The van der Waals surface area contributed by atoms with Crippen LogP contribution in [0.3, 0.4) is 0 Å². The summed E-state index contributed by atoms with van der Waals surface area (Å²) in [6, 6.07) is 4.10. The Balaban J connectivity index is 1.53. The highest BCUT2D eigenvalue weighted by molar-refractivity contribution is 7.98. The van der Waals surface area contributed by atoms with Crippen LogP contribution in [-0.4, -0.2) is 31.5 Å². The van der Waals surface area contributed by atoms with Crippen LogP contribution < -0.4 is 11.1 Å². The van der Waals surface area contributed by atoms with E-state index in [1.54, 1.807) is 12.5 Å². The molecule has 0 aliphatic rings. The van der Waals surface area contributed by atoms with Crippen LogP contribution in [-0.2, 0) is 12.2 Å². The third-order valence-electron chi connectivity index (χ3n) is 3.88. The van der Waals surface area contributed by atoms with Gasteiger partial charge in [0, 0.05) is 36.2 Å². The molecule has 3 heterocycles. The second kappa shape index (κ2) is 8.07. The molecule has 4 N–H and O–H groups in total. The summed E-state index contributed by atoms with van der Waals surface area (Å²) in [4.78, 5) is 20.1. The molecule has 0 spiro atoms. The number of nitrogen functional groups attached to an aromatic ring is 1. The monoisotopic (exact) mass is 419 g/mol. The number of aromatic amines is 1. The van der Waals surface area contributed by atoms with Gasteiger partial charge in [0.1, 0.15) is 4.70 Å². The van der Waals surface area contributed by atoms with Gasteiger partial charge in [-0.1, -0.05) is 35.2 Å². The lowest BCUT2D eigenvalue weighted by Crippen LogP contribution is -2.07. The number of halogens is 2. The Morgan fingerprint density at radius 2 is 2.11 bits per heavy atom. The largest absolute Gasteiger partial charge is 0.375 e. The number of thioether (sulfide) groups is 1. The van der Waals surface area contributed by atoms with Gasteiger partial charge in [0.25, 0.3) is 0 Å². The number of benzene rings is 1. The fourth-order valence-corrected chi connectivity index (χ4v) is 4.10. The maximum Gasteiger partial charge on any atom is 0.191 e. The van der Waals surface area contributed by atoms with E-state index >= 15 is 0 Å². The molecule has 28 heavy (non-hydrogen) atoms. The third-order valence-corrected chi connectivity index (χ3v) is 5.66. The van der Waals surface area contributed by atoms with E-state index < -0.39 is 11.6 Å². The van der Waals surface area contributed by atoms with E-state index in [1.807, 2.05) is 0 Å². The number of fused-ring (bicyclic) bond motifs is 1. The topological polar surface area (TPSA) is 105 Å². The Morgan fingerprint density at radius 1 is 1.21 bits per heavy atom. The van der Waals surface area contributed by atoms with Crippen LogP contribution in [0.1, 0.15) is 11.3 Å². The average molecular weight is 419 g/mol. The van der Waals surface area contributed by atoms with E-state index in [1.165, 1.54) is 35.2 Å². The van der Waals surface area contributed by atoms with Gasteiger partial charge in [0.05, 0.1) is 6.33 Å². The highest BCUT2D eigenvalue weighted by atomic mass is 32.2. The molecule has 0 atom stereocenters. The number of hydrogen-bond donors (Lipinski definition) is 3. The Labute approximate surface area is 166 Å². The van der Waals surface area contributed by atoms with Crippen LogP contribution in [0.15, 0.2) is 35.9 Å². The number of imidazole rings is 1. The van der Waals surface area contributed by atoms with Crippen molar-refractivity contribution in [2.75, 3.05) is 17.6 Å². The number of anilines is 2. The van der Waals surface area contributed by atoms with Crippen molar-refractivity contribution in [1.82, 2.24) is 24.9 Å². The molecule has 11 heteroatoms. The van der Waals surface area contributed by atoms with Crippen molar-refractivity contribution in [2.24, 2.45) is 0 Å². The zero-order chi connectivity index (χ0) is 19.5. The number of nitrogens with two attached hydrogens (primary N) is 1. The Kier molecular flexibility index (Phi) is 5.35. The molecule has 0 saturated heterocycles. The minimum Gasteiger partial charge on any atom is -0.375 e. The summed E-state index contributed by atoms with van der Waals surface area (Å²) < 4.78 is 28.0. The van der Waals surface area contributed by atoms with Gasteiger partial charge in [-0.05, 0) is 6.07 Å². The molecule has 3 aromatic heterocycles. The smallest absolute Gasteiger partial charge is 0.191 e. The molecule has 0 bridgehead atoms. The summed E-state index contributed by atoms with van der Waals surface area (Å²) in [5, 5.41) is 4.06. The molecule has 0 amide bonds. The van der Waals surface area contributed by atoms with E-state index in [4.69, 9.17) is 5.73 Å². The lowest BCUT2D eigenvalue weighted by molar-refractivity contribution is 0.502. The first-order valence-corrected chi connectivity index (χ1v) is 10.1. The lowest BCUT2D eigenvalue weighted by atomic mass is 10.2. The van der Waals surface area contributed by atoms with Crippen molar-refractivity contribution < 1.29 is 8.78 Å². The third kappa shape index (κ3) is 4.04. The highest BCUT2D eigenvalue weighted by Crippen LogP contribution is 2.31. The van der Waals surface area contributed by atoms with Crippen molar-refractivity contribution >= 4 is 44.4 Å². The number of rotatable bonds is 7. The molecule has 0 aliphatic carbocycles. The fourth-order valence-electron chi connectivity index (χ4n) is 2.54. The van der Waals surface area contributed by atoms with Gasteiger partial charge < -0.3 is 16.0 Å². The van der Waals surface area contributed by atoms with Crippen molar-refractivity contribution in [3.63, 3.8) is 0 Å². The Morgan fingerprint density at radius 3 is 2.93 bits per heavy atom. The van der Waals surface area contributed by atoms with E-state index in [-0.39, 0.29) is 11.3 Å². The minimum absolute atomic E-state index is 0.197. The van der Waals surface area contributed by atoms with E-state index in [0.717, 1.165) is 22.9 Å². The van der Waals surface area contributed by atoms with Crippen LogP contribution in [0.5, 0.6) is 0 Å². The number of nitrogens with one attached hydrogen (secondary N) is 2. The number of nitrogens with zero attached hydrogens (tertiary/aromatic N) is 4. The van der Waals surface area contributed by atoms with Crippen molar-refractivity contribution in [3.8, 4) is 0 Å². The van der Waals surface area contributed by atoms with E-state index in [9.17, 15) is 8.78 Å². The lowest BCUT2D eigenvalue weighted by Gasteiger charge is -2.08. The predicted molar refractivity (Wildman–Crippen MR) is 106 cm³/mol. The van der Waals surface area contributed by atoms with Crippen LogP contribution in [0, 0.1) is 11.6 Å². The minimum atomic E-state index is -0.872. The molecule has 0 fully saturated rings. The SMILES string of the molecule is Nc1nc2nc(SCc3cccc(F)c3F)nc(NCCc3cnc[nH]3)c2s1. The maximum absolute atomic E-state index is 13.9. The molecule has 0 unspecified atom stereocenters. The van der Waals surface area contributed by atoms with Gasteiger partial charge in [0.15, 0.2) is 33.4 Å². The standard InChI is InChI=1S/C17H15F2N7S2/c18-11-3-1-2-9(12(11)19)7-27-17-25-14(13-15(26-17)24-16(20)28-13)22-5-4-10-6-21-8-23-10/h1-3,6,8H,4-5,7H2,(H,21,23)(H3,20,22,24,25,26). The average Bonchev–Trinajstić information content (AvgIpc) is 3.32. The normalized spacial score (nSPS) is 11.2. The van der Waals surface area contributed by atoms with Gasteiger partial charge in [0.2, 0.25) is 0 Å². The van der Waals surface area contributed by atoms with Crippen LogP contribution in [0.25, 0.3) is 10.3 Å². The molecule has 144 valence electrons. The van der Waals surface area contributed by atoms with Crippen molar-refractivity contribution in [3.05, 3.63) is 53.6 Å². The Bertz CT molecular complexity index is 1100. The summed E-state index contributed by atoms with van der Waals surface area (Å²) in [6.45, 7) is 0.620. The molecular formula is C17H15F2N7S2. The van der Waals surface area contributed by atoms with Crippen molar-refractivity contribution in [1.29, 1.82) is 0 Å². The first-order valence-electron chi connectivity index (χ1n) is 8.31. The van der Waals surface area contributed by atoms with Crippen LogP contribution in [0.2, 0.25) is 0 Å². The van der Waals surface area contributed by atoms with Gasteiger partial charge >= 0.3 is 0 Å². The molecule has 0 radical (unpaired) electrons. The van der Waals surface area contributed by atoms with Crippen molar-refractivity contribution in [2.45, 2.75) is 17.3 Å².